The van der Waals surface area contributed by atoms with Crippen LogP contribution in [0.5, 0.6) is 5.75 Å². The summed E-state index contributed by atoms with van der Waals surface area (Å²) in [4.78, 5) is 2.63. The minimum Gasteiger partial charge on any atom is -0.497 e. The molecule has 0 bridgehead atoms. The van der Waals surface area contributed by atoms with Gasteiger partial charge in [-0.3, -0.25) is 4.90 Å². The van der Waals surface area contributed by atoms with Gasteiger partial charge in [0.05, 0.1) is 7.11 Å². The third-order valence-electron chi connectivity index (χ3n) is 4.73. The zero-order valence-electron chi connectivity index (χ0n) is 12.6. The molecule has 110 valence electrons. The van der Waals surface area contributed by atoms with E-state index in [0.717, 1.165) is 18.1 Å². The second kappa shape index (κ2) is 5.74. The normalized spacial score (nSPS) is 25.0. The van der Waals surface area contributed by atoms with E-state index in [1.54, 1.807) is 7.11 Å². The van der Waals surface area contributed by atoms with E-state index < -0.39 is 0 Å². The number of benzene rings is 1. The Kier molecular flexibility index (Phi) is 3.99. The van der Waals surface area contributed by atoms with E-state index in [9.17, 15) is 0 Å². The van der Waals surface area contributed by atoms with Crippen LogP contribution in [0.25, 0.3) is 0 Å². The summed E-state index contributed by atoms with van der Waals surface area (Å²) in [5.41, 5.74) is 9.23. The van der Waals surface area contributed by atoms with Gasteiger partial charge in [-0.2, -0.15) is 0 Å². The summed E-state index contributed by atoms with van der Waals surface area (Å²) in [6.07, 6.45) is 5.11. The van der Waals surface area contributed by atoms with Crippen LogP contribution in [0.15, 0.2) is 18.2 Å². The molecule has 1 aromatic carbocycles. The standard InChI is InChI=1S/C17H26N2O/c1-3-8-19(11-12-4-5-12)16-9-13-6-7-14(20-2)10-15(13)17(16)18/h6-7,10,12,16-17H,3-5,8-9,11,18H2,1-2H3. The predicted octanol–water partition coefficient (Wildman–Crippen LogP) is 2.74. The molecule has 0 radical (unpaired) electrons. The number of ether oxygens (including phenoxy) is 1. The fraction of sp³-hybridized carbons (Fsp3) is 0.647. The number of rotatable bonds is 6. The Bertz CT molecular complexity index is 470. The zero-order valence-corrected chi connectivity index (χ0v) is 12.6. The Morgan fingerprint density at radius 3 is 2.80 bits per heavy atom. The third-order valence-corrected chi connectivity index (χ3v) is 4.73. The van der Waals surface area contributed by atoms with Crippen LogP contribution in [0.3, 0.4) is 0 Å². The van der Waals surface area contributed by atoms with Crippen molar-refractivity contribution in [3.63, 3.8) is 0 Å². The van der Waals surface area contributed by atoms with E-state index in [-0.39, 0.29) is 6.04 Å². The first-order chi connectivity index (χ1) is 9.72. The van der Waals surface area contributed by atoms with Crippen LogP contribution in [0.2, 0.25) is 0 Å². The molecular formula is C17H26N2O. The van der Waals surface area contributed by atoms with Gasteiger partial charge in [-0.05, 0) is 61.4 Å². The lowest BCUT2D eigenvalue weighted by Crippen LogP contribution is -2.42. The Labute approximate surface area is 122 Å². The molecule has 1 fully saturated rings. The summed E-state index contributed by atoms with van der Waals surface area (Å²) in [5.74, 6) is 1.84. The first-order valence-electron chi connectivity index (χ1n) is 7.89. The molecule has 2 unspecified atom stereocenters. The number of nitrogens with zero attached hydrogens (tertiary/aromatic N) is 1. The topological polar surface area (TPSA) is 38.5 Å². The summed E-state index contributed by atoms with van der Waals surface area (Å²) in [7, 11) is 1.72. The van der Waals surface area contributed by atoms with Crippen molar-refractivity contribution in [1.82, 2.24) is 4.90 Å². The number of fused-ring (bicyclic) bond motifs is 1. The van der Waals surface area contributed by atoms with Crippen LogP contribution in [0.4, 0.5) is 0 Å². The summed E-state index contributed by atoms with van der Waals surface area (Å²) in [6, 6.07) is 6.97. The van der Waals surface area contributed by atoms with Crippen molar-refractivity contribution in [1.29, 1.82) is 0 Å². The van der Waals surface area contributed by atoms with Crippen LogP contribution in [0, 0.1) is 5.92 Å². The third kappa shape index (κ3) is 2.70. The van der Waals surface area contributed by atoms with Crippen LogP contribution in [-0.4, -0.2) is 31.1 Å². The lowest BCUT2D eigenvalue weighted by atomic mass is 10.1. The van der Waals surface area contributed by atoms with E-state index in [1.807, 2.05) is 0 Å². The van der Waals surface area contributed by atoms with Crippen LogP contribution < -0.4 is 10.5 Å². The van der Waals surface area contributed by atoms with Crippen molar-refractivity contribution < 1.29 is 4.74 Å². The second-order valence-corrected chi connectivity index (χ2v) is 6.30. The van der Waals surface area contributed by atoms with E-state index in [2.05, 4.69) is 30.0 Å². The number of nitrogens with two attached hydrogens (primary N) is 1. The van der Waals surface area contributed by atoms with Gasteiger partial charge < -0.3 is 10.5 Å². The maximum atomic E-state index is 6.54. The first kappa shape index (κ1) is 13.9. The molecule has 3 rings (SSSR count). The number of hydrogen-bond donors (Lipinski definition) is 1. The summed E-state index contributed by atoms with van der Waals surface area (Å²) >= 11 is 0. The fourth-order valence-corrected chi connectivity index (χ4v) is 3.42. The van der Waals surface area contributed by atoms with Crippen molar-refractivity contribution in [2.75, 3.05) is 20.2 Å². The highest BCUT2D eigenvalue weighted by molar-refractivity contribution is 5.42. The molecule has 2 N–H and O–H groups in total. The molecule has 0 saturated heterocycles. The van der Waals surface area contributed by atoms with E-state index in [0.29, 0.717) is 6.04 Å². The summed E-state index contributed by atoms with van der Waals surface area (Å²) < 4.78 is 5.34. The van der Waals surface area contributed by atoms with Gasteiger partial charge in [0.2, 0.25) is 0 Å². The number of methoxy groups -OCH3 is 1. The molecule has 2 aliphatic rings. The molecule has 0 spiro atoms. The minimum atomic E-state index is 0.130. The van der Waals surface area contributed by atoms with Crippen molar-refractivity contribution >= 4 is 0 Å². The molecule has 3 nitrogen and oxygen atoms in total. The van der Waals surface area contributed by atoms with Crippen LogP contribution >= 0.6 is 0 Å². The molecule has 20 heavy (non-hydrogen) atoms. The Hall–Kier alpha value is -1.06. The lowest BCUT2D eigenvalue weighted by molar-refractivity contribution is 0.172. The van der Waals surface area contributed by atoms with Gasteiger partial charge in [-0.1, -0.05) is 13.0 Å². The monoisotopic (exact) mass is 274 g/mol. The van der Waals surface area contributed by atoms with Crippen molar-refractivity contribution in [3.05, 3.63) is 29.3 Å². The minimum absolute atomic E-state index is 0.130. The predicted molar refractivity (Wildman–Crippen MR) is 82.0 cm³/mol. The molecule has 2 aliphatic carbocycles. The fourth-order valence-electron chi connectivity index (χ4n) is 3.42. The van der Waals surface area contributed by atoms with Crippen molar-refractivity contribution in [2.45, 2.75) is 44.7 Å². The van der Waals surface area contributed by atoms with Crippen molar-refractivity contribution in [3.8, 4) is 5.75 Å². The maximum Gasteiger partial charge on any atom is 0.119 e. The van der Waals surface area contributed by atoms with Crippen molar-refractivity contribution in [2.24, 2.45) is 11.7 Å². The summed E-state index contributed by atoms with van der Waals surface area (Å²) in [6.45, 7) is 4.66. The molecule has 0 heterocycles. The van der Waals surface area contributed by atoms with Crippen LogP contribution in [0.1, 0.15) is 43.4 Å². The van der Waals surface area contributed by atoms with E-state index in [1.165, 1.54) is 43.5 Å². The van der Waals surface area contributed by atoms with Crippen LogP contribution in [-0.2, 0) is 6.42 Å². The average molecular weight is 274 g/mol. The average Bonchev–Trinajstić information content (AvgIpc) is 3.22. The highest BCUT2D eigenvalue weighted by atomic mass is 16.5. The quantitative estimate of drug-likeness (QED) is 0.867. The molecule has 1 saturated carbocycles. The van der Waals surface area contributed by atoms with Gasteiger partial charge in [0.1, 0.15) is 5.75 Å². The number of hydrogen-bond acceptors (Lipinski definition) is 3. The lowest BCUT2D eigenvalue weighted by Gasteiger charge is -2.31. The molecule has 0 amide bonds. The molecule has 0 aliphatic heterocycles. The van der Waals surface area contributed by atoms with Gasteiger partial charge in [0.25, 0.3) is 0 Å². The van der Waals surface area contributed by atoms with Gasteiger partial charge in [-0.15, -0.1) is 0 Å². The Morgan fingerprint density at radius 1 is 1.35 bits per heavy atom. The second-order valence-electron chi connectivity index (χ2n) is 6.30. The van der Waals surface area contributed by atoms with Gasteiger partial charge in [-0.25, -0.2) is 0 Å². The van der Waals surface area contributed by atoms with Gasteiger partial charge in [0.15, 0.2) is 0 Å². The van der Waals surface area contributed by atoms with E-state index in [4.69, 9.17) is 10.5 Å². The molecule has 2 atom stereocenters. The zero-order chi connectivity index (χ0) is 14.1. The summed E-state index contributed by atoms with van der Waals surface area (Å²) in [5, 5.41) is 0. The molecule has 0 aromatic heterocycles. The van der Waals surface area contributed by atoms with Gasteiger partial charge in [0, 0.05) is 18.6 Å². The van der Waals surface area contributed by atoms with Gasteiger partial charge >= 0.3 is 0 Å². The highest BCUT2D eigenvalue weighted by Crippen LogP contribution is 2.37. The highest BCUT2D eigenvalue weighted by Gasteiger charge is 2.36. The molecular weight excluding hydrogens is 248 g/mol. The van der Waals surface area contributed by atoms with E-state index >= 15 is 0 Å². The first-order valence-corrected chi connectivity index (χ1v) is 7.89. The largest absolute Gasteiger partial charge is 0.497 e. The molecule has 3 heteroatoms. The Morgan fingerprint density at radius 2 is 2.15 bits per heavy atom. The Balaban J connectivity index is 1.77. The maximum absolute atomic E-state index is 6.54. The molecule has 1 aromatic rings. The smallest absolute Gasteiger partial charge is 0.119 e. The SMILES string of the molecule is CCCN(CC1CC1)C1Cc2ccc(OC)cc2C1N.